The zero-order valence-electron chi connectivity index (χ0n) is 16.2. The van der Waals surface area contributed by atoms with Crippen molar-refractivity contribution in [2.24, 2.45) is 15.9 Å². The van der Waals surface area contributed by atoms with E-state index in [-0.39, 0.29) is 46.2 Å². The largest absolute Gasteiger partial charge is 0.390 e. The average molecular weight is 505 g/mol. The quantitative estimate of drug-likeness (QED) is 0.182. The lowest BCUT2D eigenvalue weighted by Gasteiger charge is -2.07. The first-order chi connectivity index (χ1) is 14.9. The third-order valence-corrected chi connectivity index (χ3v) is 4.99. The summed E-state index contributed by atoms with van der Waals surface area (Å²) in [6, 6.07) is 6.42. The molecular formula is C18H19Cl2FN6O2S2. The number of hydrogen-bond acceptors (Lipinski definition) is 8. The van der Waals surface area contributed by atoms with E-state index in [1.54, 1.807) is 24.3 Å². The molecule has 0 saturated carbocycles. The van der Waals surface area contributed by atoms with Crippen LogP contribution in [0.1, 0.15) is 22.3 Å². The molecule has 166 valence electrons. The molecule has 1 aromatic heterocycles. The molecule has 2 rings (SSSR count). The number of alkyl halides is 1. The molecule has 0 saturated heterocycles. The Hall–Kier alpha value is -2.47. The maximum atomic E-state index is 12.6. The highest BCUT2D eigenvalue weighted by Crippen LogP contribution is 2.27. The van der Waals surface area contributed by atoms with Crippen LogP contribution in [0.15, 0.2) is 39.7 Å². The van der Waals surface area contributed by atoms with Crippen molar-refractivity contribution in [3.8, 4) is 0 Å². The number of hydrazone groups is 1. The standard InChI is InChI=1S/C17H16ClFN6O2S2.CH3Cl/c18-9-1-3-10(4-2-9)24-16(26)13-12(8-28-15(13)21)14(20)17(27)23-7-11(25-22)5-6-29-19;1-2/h1-4,7-8,20H,5-6,21-22H2,(H,24,26);1H3/b20-14?,23-7?,25-11-;. The van der Waals surface area contributed by atoms with Crippen LogP contribution < -0.4 is 16.9 Å². The average Bonchev–Trinajstić information content (AvgIpc) is 3.17. The van der Waals surface area contributed by atoms with Gasteiger partial charge in [0.15, 0.2) is 0 Å². The first kappa shape index (κ1) is 26.6. The van der Waals surface area contributed by atoms with Gasteiger partial charge >= 0.3 is 0 Å². The maximum absolute atomic E-state index is 12.6. The van der Waals surface area contributed by atoms with Gasteiger partial charge in [-0.3, -0.25) is 15.0 Å². The Kier molecular flexibility index (Phi) is 11.8. The van der Waals surface area contributed by atoms with Crippen molar-refractivity contribution in [1.29, 1.82) is 5.41 Å². The minimum absolute atomic E-state index is 0.0000414. The first-order valence-electron chi connectivity index (χ1n) is 8.36. The molecule has 0 atom stereocenters. The molecule has 0 fully saturated rings. The number of halogens is 3. The topological polar surface area (TPSA) is 147 Å². The number of nitrogens with zero attached hydrogens (tertiary/aromatic N) is 2. The smallest absolute Gasteiger partial charge is 0.295 e. The van der Waals surface area contributed by atoms with E-state index in [1.807, 2.05) is 0 Å². The zero-order valence-corrected chi connectivity index (χ0v) is 19.3. The summed E-state index contributed by atoms with van der Waals surface area (Å²) in [6.07, 6.45) is 2.71. The van der Waals surface area contributed by atoms with Gasteiger partial charge in [0.25, 0.3) is 11.8 Å². The monoisotopic (exact) mass is 504 g/mol. The van der Waals surface area contributed by atoms with Crippen LogP contribution in [0.4, 0.5) is 14.6 Å². The number of thiophene rings is 1. The number of hydrogen-bond donors (Lipinski definition) is 4. The summed E-state index contributed by atoms with van der Waals surface area (Å²) < 4.78 is 12.2. The van der Waals surface area contributed by atoms with Gasteiger partial charge < -0.3 is 16.9 Å². The van der Waals surface area contributed by atoms with E-state index in [0.29, 0.717) is 10.7 Å². The third-order valence-electron chi connectivity index (χ3n) is 3.56. The van der Waals surface area contributed by atoms with Crippen LogP contribution in [0.3, 0.4) is 0 Å². The number of anilines is 2. The van der Waals surface area contributed by atoms with Gasteiger partial charge in [0.05, 0.1) is 22.5 Å². The van der Waals surface area contributed by atoms with E-state index in [1.165, 1.54) is 11.8 Å². The van der Waals surface area contributed by atoms with Crippen LogP contribution in [0, 0.1) is 5.41 Å². The molecule has 6 N–H and O–H groups in total. The van der Waals surface area contributed by atoms with Crippen LogP contribution in [-0.4, -0.2) is 41.6 Å². The Labute approximate surface area is 196 Å². The number of carbonyl (C=O) groups excluding carboxylic acids is 2. The molecule has 1 aromatic carbocycles. The summed E-state index contributed by atoms with van der Waals surface area (Å²) in [5.41, 5.74) is 6.07. The third kappa shape index (κ3) is 7.94. The summed E-state index contributed by atoms with van der Waals surface area (Å²) in [7, 11) is 0. The van der Waals surface area contributed by atoms with Crippen molar-refractivity contribution in [2.45, 2.75) is 6.42 Å². The van der Waals surface area contributed by atoms with Crippen molar-refractivity contribution in [1.82, 2.24) is 0 Å². The predicted octanol–water partition coefficient (Wildman–Crippen LogP) is 4.38. The fourth-order valence-corrected chi connectivity index (χ4v) is 3.35. The summed E-state index contributed by atoms with van der Waals surface area (Å²) in [5, 5.41) is 16.2. The Bertz CT molecular complexity index is 980. The Morgan fingerprint density at radius 3 is 2.55 bits per heavy atom. The van der Waals surface area contributed by atoms with Crippen molar-refractivity contribution >= 4 is 86.8 Å². The molecule has 0 aliphatic rings. The Morgan fingerprint density at radius 1 is 1.32 bits per heavy atom. The lowest BCUT2D eigenvalue weighted by Crippen LogP contribution is -2.20. The molecule has 0 aliphatic carbocycles. The number of carbonyl (C=O) groups is 2. The van der Waals surface area contributed by atoms with E-state index < -0.39 is 17.5 Å². The van der Waals surface area contributed by atoms with Crippen LogP contribution in [0.2, 0.25) is 5.02 Å². The summed E-state index contributed by atoms with van der Waals surface area (Å²) in [6.45, 7) is 0. The number of benzene rings is 1. The molecule has 2 amide bonds. The van der Waals surface area contributed by atoms with Crippen molar-refractivity contribution in [3.63, 3.8) is 0 Å². The van der Waals surface area contributed by atoms with Gasteiger partial charge in [-0.1, -0.05) is 11.6 Å². The molecule has 0 bridgehead atoms. The molecule has 1 heterocycles. The highest BCUT2D eigenvalue weighted by molar-refractivity contribution is 7.94. The molecule has 2 aromatic rings. The number of nitrogen functional groups attached to an aromatic ring is 1. The predicted molar refractivity (Wildman–Crippen MR) is 130 cm³/mol. The minimum atomic E-state index is -0.919. The van der Waals surface area contributed by atoms with Gasteiger partial charge in [-0.15, -0.1) is 22.9 Å². The molecule has 8 nitrogen and oxygen atoms in total. The molecule has 31 heavy (non-hydrogen) atoms. The molecular weight excluding hydrogens is 486 g/mol. The Morgan fingerprint density at radius 2 is 1.97 bits per heavy atom. The lowest BCUT2D eigenvalue weighted by molar-refractivity contribution is -0.111. The van der Waals surface area contributed by atoms with Crippen molar-refractivity contribution < 1.29 is 13.5 Å². The summed E-state index contributed by atoms with van der Waals surface area (Å²) in [5.74, 6) is 3.77. The fraction of sp³-hybridized carbons (Fsp3) is 0.167. The zero-order chi connectivity index (χ0) is 23.4. The van der Waals surface area contributed by atoms with Gasteiger partial charge in [-0.2, -0.15) is 8.99 Å². The molecule has 0 aliphatic heterocycles. The van der Waals surface area contributed by atoms with Gasteiger partial charge in [-0.25, -0.2) is 4.99 Å². The lowest BCUT2D eigenvalue weighted by atomic mass is 10.1. The number of nitrogens with two attached hydrogens (primary N) is 2. The van der Waals surface area contributed by atoms with Crippen LogP contribution >= 0.6 is 46.7 Å². The SMILES string of the molecule is CCl.N=C(C(=O)N=C/C(CCSF)=N\N)c1csc(N)c1C(=O)Nc1ccc(Cl)cc1. The number of aliphatic imine (C=N–C) groups is 1. The van der Waals surface area contributed by atoms with Crippen molar-refractivity contribution in [2.75, 3.05) is 23.2 Å². The van der Waals surface area contributed by atoms with Crippen LogP contribution in [0.5, 0.6) is 0 Å². The van der Waals surface area contributed by atoms with Crippen molar-refractivity contribution in [3.05, 3.63) is 45.8 Å². The molecule has 0 radical (unpaired) electrons. The van der Waals surface area contributed by atoms with E-state index in [2.05, 4.69) is 27.0 Å². The Balaban J connectivity index is 0.00000233. The van der Waals surface area contributed by atoms with Crippen LogP contribution in [-0.2, 0) is 4.79 Å². The summed E-state index contributed by atoms with van der Waals surface area (Å²) in [4.78, 5) is 28.5. The van der Waals surface area contributed by atoms with Gasteiger partial charge in [0.2, 0.25) is 0 Å². The number of amides is 2. The van der Waals surface area contributed by atoms with E-state index >= 15 is 0 Å². The molecule has 13 heteroatoms. The van der Waals surface area contributed by atoms with Crippen LogP contribution in [0.25, 0.3) is 0 Å². The minimum Gasteiger partial charge on any atom is -0.390 e. The maximum Gasteiger partial charge on any atom is 0.295 e. The van der Waals surface area contributed by atoms with E-state index in [0.717, 1.165) is 17.6 Å². The van der Waals surface area contributed by atoms with Gasteiger partial charge in [0.1, 0.15) is 5.71 Å². The fourth-order valence-electron chi connectivity index (χ4n) is 2.14. The number of nitrogens with one attached hydrogen (secondary N) is 2. The highest BCUT2D eigenvalue weighted by Gasteiger charge is 2.23. The second kappa shape index (κ2) is 13.8. The van der Waals surface area contributed by atoms with E-state index in [4.69, 9.17) is 28.6 Å². The second-order valence-corrected chi connectivity index (χ2v) is 7.45. The number of rotatable bonds is 8. The summed E-state index contributed by atoms with van der Waals surface area (Å²) >= 11 is 11.6. The first-order valence-corrected chi connectivity index (χ1v) is 11.3. The second-order valence-electron chi connectivity index (χ2n) is 5.47. The molecule has 0 unspecified atom stereocenters. The normalized spacial score (nSPS) is 11.0. The van der Waals surface area contributed by atoms with E-state index in [9.17, 15) is 13.5 Å². The molecule has 0 spiro atoms. The van der Waals surface area contributed by atoms with Gasteiger partial charge in [-0.05, 0) is 24.3 Å². The van der Waals surface area contributed by atoms with Gasteiger partial charge in [0, 0.05) is 52.4 Å². The highest BCUT2D eigenvalue weighted by atomic mass is 35.5.